The fourth-order valence-corrected chi connectivity index (χ4v) is 5.09. The molecule has 206 valence electrons. The standard InChI is InChI=1S/C27H30F2N6O3S/c1-18-3-4-19(11-23(18)32-37)15-31-39-34-9-7-33(8-10-34)24-16-30-35(22-13-20(28)12-21(29)14-22)26(36)25(24)38-17-27(2)5-6-27/h3-4,11-14,16,31H,5-10,15,17H2,1-2H3. The third kappa shape index (κ3) is 6.45. The molecule has 0 atom stereocenters. The second-order valence-corrected chi connectivity index (χ2v) is 11.3. The normalized spacial score (nSPS) is 16.8. The SMILES string of the molecule is Cc1ccc(CNSN2CCN(c3cnn(-c4cc(F)cc(F)c4)c(=O)c3OCC3(C)CC3)CC2)cc1N=O. The van der Waals surface area contributed by atoms with Crippen LogP contribution in [0.4, 0.5) is 20.2 Å². The Bertz CT molecular complexity index is 1400. The summed E-state index contributed by atoms with van der Waals surface area (Å²) in [7, 11) is 0. The van der Waals surface area contributed by atoms with E-state index in [1.54, 1.807) is 6.07 Å². The summed E-state index contributed by atoms with van der Waals surface area (Å²) < 4.78 is 40.3. The molecule has 2 aliphatic rings. The van der Waals surface area contributed by atoms with Gasteiger partial charge in [-0.3, -0.25) is 4.79 Å². The number of anilines is 1. The van der Waals surface area contributed by atoms with E-state index in [0.29, 0.717) is 50.7 Å². The smallest absolute Gasteiger partial charge is 0.316 e. The monoisotopic (exact) mass is 556 g/mol. The van der Waals surface area contributed by atoms with Crippen LogP contribution in [0.25, 0.3) is 5.69 Å². The van der Waals surface area contributed by atoms with E-state index in [4.69, 9.17) is 4.74 Å². The lowest BCUT2D eigenvalue weighted by Gasteiger charge is -2.35. The Morgan fingerprint density at radius 1 is 1.10 bits per heavy atom. The molecule has 0 spiro atoms. The van der Waals surface area contributed by atoms with Crippen LogP contribution >= 0.6 is 12.1 Å². The van der Waals surface area contributed by atoms with Gasteiger partial charge in [0.25, 0.3) is 0 Å². The van der Waals surface area contributed by atoms with Gasteiger partial charge in [-0.15, -0.1) is 4.91 Å². The summed E-state index contributed by atoms with van der Waals surface area (Å²) in [5, 5.41) is 7.30. The number of aromatic nitrogens is 2. The number of nitrogens with zero attached hydrogens (tertiary/aromatic N) is 5. The second kappa shape index (κ2) is 11.4. The molecule has 1 saturated carbocycles. The predicted octanol–water partition coefficient (Wildman–Crippen LogP) is 4.87. The molecule has 39 heavy (non-hydrogen) atoms. The van der Waals surface area contributed by atoms with Gasteiger partial charge in [0.1, 0.15) is 23.0 Å². The van der Waals surface area contributed by atoms with E-state index in [0.717, 1.165) is 46.8 Å². The van der Waals surface area contributed by atoms with Gasteiger partial charge in [-0.25, -0.2) is 17.8 Å². The largest absolute Gasteiger partial charge is 0.486 e. The first-order valence-corrected chi connectivity index (χ1v) is 13.6. The summed E-state index contributed by atoms with van der Waals surface area (Å²) in [5.74, 6) is -1.44. The number of benzene rings is 2. The summed E-state index contributed by atoms with van der Waals surface area (Å²) in [6.07, 6.45) is 3.58. The van der Waals surface area contributed by atoms with Crippen molar-refractivity contribution in [1.82, 2.24) is 18.8 Å². The van der Waals surface area contributed by atoms with Crippen molar-refractivity contribution in [2.24, 2.45) is 10.6 Å². The Balaban J connectivity index is 1.27. The molecule has 2 fully saturated rings. The third-order valence-electron chi connectivity index (χ3n) is 7.10. The lowest BCUT2D eigenvalue weighted by molar-refractivity contribution is 0.242. The maximum atomic E-state index is 13.8. The minimum absolute atomic E-state index is 0.00319. The molecule has 1 aromatic heterocycles. The Morgan fingerprint density at radius 2 is 1.82 bits per heavy atom. The Morgan fingerprint density at radius 3 is 2.49 bits per heavy atom. The first kappa shape index (κ1) is 27.2. The molecular weight excluding hydrogens is 526 g/mol. The molecule has 12 heteroatoms. The number of nitrogens with one attached hydrogen (secondary N) is 1. The van der Waals surface area contributed by atoms with E-state index in [2.05, 4.69) is 31.1 Å². The Hall–Kier alpha value is -3.35. The lowest BCUT2D eigenvalue weighted by Crippen LogP contribution is -2.45. The van der Waals surface area contributed by atoms with Crippen molar-refractivity contribution in [2.75, 3.05) is 37.7 Å². The average Bonchev–Trinajstić information content (AvgIpc) is 3.65. The van der Waals surface area contributed by atoms with Crippen LogP contribution in [0.1, 0.15) is 30.9 Å². The number of aryl methyl sites for hydroxylation is 1. The van der Waals surface area contributed by atoms with Crippen LogP contribution in [0, 0.1) is 28.9 Å². The van der Waals surface area contributed by atoms with E-state index in [-0.39, 0.29) is 16.9 Å². The highest BCUT2D eigenvalue weighted by Gasteiger charge is 2.39. The molecule has 1 aliphatic carbocycles. The molecule has 0 bridgehead atoms. The number of nitroso groups, excluding NO2 is 1. The van der Waals surface area contributed by atoms with Crippen molar-refractivity contribution in [3.05, 3.63) is 80.6 Å². The molecule has 0 radical (unpaired) electrons. The third-order valence-corrected chi connectivity index (χ3v) is 7.99. The maximum absolute atomic E-state index is 13.8. The predicted molar refractivity (Wildman–Crippen MR) is 147 cm³/mol. The molecule has 1 saturated heterocycles. The van der Waals surface area contributed by atoms with Gasteiger partial charge < -0.3 is 9.64 Å². The van der Waals surface area contributed by atoms with Crippen LogP contribution in [-0.2, 0) is 6.54 Å². The summed E-state index contributed by atoms with van der Waals surface area (Å²) in [6.45, 7) is 7.60. The molecule has 1 aliphatic heterocycles. The topological polar surface area (TPSA) is 92.1 Å². The molecule has 2 aromatic carbocycles. The number of ether oxygens (including phenoxy) is 1. The van der Waals surface area contributed by atoms with E-state index >= 15 is 0 Å². The van der Waals surface area contributed by atoms with Gasteiger partial charge in [-0.05, 0) is 54.3 Å². The van der Waals surface area contributed by atoms with Gasteiger partial charge in [0.05, 0.1) is 18.5 Å². The van der Waals surface area contributed by atoms with Crippen molar-refractivity contribution in [1.29, 1.82) is 0 Å². The van der Waals surface area contributed by atoms with Crippen LogP contribution < -0.4 is 19.9 Å². The van der Waals surface area contributed by atoms with E-state index in [1.165, 1.54) is 18.3 Å². The highest BCUT2D eigenvalue weighted by Crippen LogP contribution is 2.45. The zero-order chi connectivity index (χ0) is 27.6. The van der Waals surface area contributed by atoms with Gasteiger partial charge in [0, 0.05) is 56.3 Å². The quantitative estimate of drug-likeness (QED) is 0.279. The Labute approximate surface area is 229 Å². The minimum atomic E-state index is -0.791. The number of rotatable bonds is 10. The van der Waals surface area contributed by atoms with E-state index < -0.39 is 17.2 Å². The summed E-state index contributed by atoms with van der Waals surface area (Å²) in [4.78, 5) is 26.5. The van der Waals surface area contributed by atoms with Crippen molar-refractivity contribution in [3.63, 3.8) is 0 Å². The number of halogens is 2. The summed E-state index contributed by atoms with van der Waals surface area (Å²) >= 11 is 1.50. The molecule has 3 aromatic rings. The highest BCUT2D eigenvalue weighted by molar-refractivity contribution is 7.95. The van der Waals surface area contributed by atoms with Gasteiger partial charge in [-0.2, -0.15) is 9.78 Å². The first-order valence-electron chi connectivity index (χ1n) is 12.8. The van der Waals surface area contributed by atoms with Crippen LogP contribution in [0.15, 0.2) is 52.6 Å². The van der Waals surface area contributed by atoms with Gasteiger partial charge >= 0.3 is 5.56 Å². The minimum Gasteiger partial charge on any atom is -0.486 e. The van der Waals surface area contributed by atoms with Gasteiger partial charge in [-0.1, -0.05) is 19.1 Å². The number of hydrogen-bond donors (Lipinski definition) is 1. The number of piperazine rings is 1. The molecule has 0 unspecified atom stereocenters. The first-order chi connectivity index (χ1) is 18.7. The van der Waals surface area contributed by atoms with Crippen LogP contribution in [0.3, 0.4) is 0 Å². The number of hydrogen-bond acceptors (Lipinski definition) is 9. The van der Waals surface area contributed by atoms with Crippen molar-refractivity contribution in [2.45, 2.75) is 33.2 Å². The molecule has 9 nitrogen and oxygen atoms in total. The molecule has 2 heterocycles. The second-order valence-electron chi connectivity index (χ2n) is 10.3. The van der Waals surface area contributed by atoms with Crippen LogP contribution in [0.2, 0.25) is 0 Å². The highest BCUT2D eigenvalue weighted by atomic mass is 32.2. The Kier molecular flexibility index (Phi) is 7.96. The molecular formula is C27H30F2N6O3S. The summed E-state index contributed by atoms with van der Waals surface area (Å²) in [5.41, 5.74) is 2.31. The van der Waals surface area contributed by atoms with E-state index in [1.807, 2.05) is 19.1 Å². The zero-order valence-corrected chi connectivity index (χ0v) is 22.6. The summed E-state index contributed by atoms with van der Waals surface area (Å²) in [6, 6.07) is 8.52. The fourth-order valence-electron chi connectivity index (χ4n) is 4.33. The van der Waals surface area contributed by atoms with Gasteiger partial charge in [0.2, 0.25) is 5.75 Å². The maximum Gasteiger partial charge on any atom is 0.316 e. The molecule has 1 N–H and O–H groups in total. The van der Waals surface area contributed by atoms with Crippen LogP contribution in [-0.4, -0.2) is 46.9 Å². The zero-order valence-electron chi connectivity index (χ0n) is 21.8. The molecule has 5 rings (SSSR count). The van der Waals surface area contributed by atoms with Crippen LogP contribution in [0.5, 0.6) is 5.75 Å². The van der Waals surface area contributed by atoms with Crippen molar-refractivity contribution in [3.8, 4) is 11.4 Å². The van der Waals surface area contributed by atoms with E-state index in [9.17, 15) is 18.5 Å². The average molecular weight is 557 g/mol. The van der Waals surface area contributed by atoms with Crippen molar-refractivity contribution < 1.29 is 13.5 Å². The fraction of sp³-hybridized carbons (Fsp3) is 0.407. The molecule has 0 amide bonds. The van der Waals surface area contributed by atoms with Crippen molar-refractivity contribution >= 4 is 23.5 Å². The lowest BCUT2D eigenvalue weighted by atomic mass is 10.1. The van der Waals surface area contributed by atoms with Gasteiger partial charge in [0.15, 0.2) is 0 Å².